The number of aryl methyl sites for hydroxylation is 1. The molecule has 188 valence electrons. The fourth-order valence-corrected chi connectivity index (χ4v) is 3.80. The number of hydrogen-bond donors (Lipinski definition) is 1. The normalized spacial score (nSPS) is 13.0. The first-order chi connectivity index (χ1) is 17.0. The van der Waals surface area contributed by atoms with Gasteiger partial charge in [0.15, 0.2) is 0 Å². The van der Waals surface area contributed by atoms with E-state index in [1.807, 2.05) is 66.2 Å². The van der Waals surface area contributed by atoms with Crippen molar-refractivity contribution in [2.75, 3.05) is 26.9 Å². The highest BCUT2D eigenvalue weighted by Crippen LogP contribution is 2.33. The monoisotopic (exact) mass is 479 g/mol. The molecule has 2 aromatic carbocycles. The molecule has 0 unspecified atom stereocenters. The maximum Gasteiger partial charge on any atom is 0.227 e. The number of nitrogens with zero attached hydrogens (tertiary/aromatic N) is 3. The topological polar surface area (TPSA) is 69.0 Å². The van der Waals surface area contributed by atoms with Crippen LogP contribution in [0.2, 0.25) is 0 Å². The molecule has 1 heterocycles. The standard InChI is InChI=1S/C28H37N3O4/c1-6-17-34-20-24(32)18-30(21(3)7-2)19-27-22(4)29-31(23-11-9-8-10-12-23)28(27)35-26-15-13-25(33-5)14-16-26/h6,8-16,21,24,32H,1,7,17-20H2,2-5H3/t21-,24-/m1/s1. The first-order valence-corrected chi connectivity index (χ1v) is 12.0. The van der Waals surface area contributed by atoms with E-state index in [2.05, 4.69) is 25.3 Å². The van der Waals surface area contributed by atoms with Crippen LogP contribution in [0, 0.1) is 6.92 Å². The van der Waals surface area contributed by atoms with Crippen molar-refractivity contribution in [2.45, 2.75) is 45.9 Å². The van der Waals surface area contributed by atoms with Crippen LogP contribution in [0.25, 0.3) is 5.69 Å². The lowest BCUT2D eigenvalue weighted by atomic mass is 10.1. The highest BCUT2D eigenvalue weighted by atomic mass is 16.5. The van der Waals surface area contributed by atoms with Crippen molar-refractivity contribution >= 4 is 0 Å². The zero-order valence-electron chi connectivity index (χ0n) is 21.2. The summed E-state index contributed by atoms with van der Waals surface area (Å²) in [6, 6.07) is 17.7. The van der Waals surface area contributed by atoms with Crippen LogP contribution < -0.4 is 9.47 Å². The Kier molecular flexibility index (Phi) is 9.90. The van der Waals surface area contributed by atoms with Gasteiger partial charge in [-0.2, -0.15) is 5.10 Å². The Labute approximate surface area is 208 Å². The maximum absolute atomic E-state index is 10.6. The molecule has 0 bridgehead atoms. The Bertz CT molecular complexity index is 1050. The van der Waals surface area contributed by atoms with Gasteiger partial charge in [0.05, 0.1) is 43.4 Å². The number of benzene rings is 2. The van der Waals surface area contributed by atoms with Gasteiger partial charge in [-0.3, -0.25) is 4.90 Å². The fraction of sp³-hybridized carbons (Fsp3) is 0.393. The Hall–Kier alpha value is -3.13. The number of ether oxygens (including phenoxy) is 3. The summed E-state index contributed by atoms with van der Waals surface area (Å²) >= 11 is 0. The van der Waals surface area contributed by atoms with Gasteiger partial charge in [-0.05, 0) is 56.7 Å². The van der Waals surface area contributed by atoms with E-state index >= 15 is 0 Å². The summed E-state index contributed by atoms with van der Waals surface area (Å²) in [5.41, 5.74) is 2.77. The Balaban J connectivity index is 1.95. The lowest BCUT2D eigenvalue weighted by molar-refractivity contribution is 0.0155. The Morgan fingerprint density at radius 2 is 1.80 bits per heavy atom. The van der Waals surface area contributed by atoms with E-state index in [9.17, 15) is 5.11 Å². The molecule has 3 aromatic rings. The summed E-state index contributed by atoms with van der Waals surface area (Å²) < 4.78 is 19.0. The van der Waals surface area contributed by atoms with Crippen molar-refractivity contribution in [3.05, 3.63) is 78.5 Å². The molecule has 1 aromatic heterocycles. The van der Waals surface area contributed by atoms with E-state index in [0.29, 0.717) is 31.3 Å². The lowest BCUT2D eigenvalue weighted by Crippen LogP contribution is -2.40. The largest absolute Gasteiger partial charge is 0.497 e. The molecule has 7 heteroatoms. The number of hydrogen-bond acceptors (Lipinski definition) is 6. The summed E-state index contributed by atoms with van der Waals surface area (Å²) in [5.74, 6) is 2.11. The second-order valence-corrected chi connectivity index (χ2v) is 8.56. The third kappa shape index (κ3) is 7.18. The van der Waals surface area contributed by atoms with Gasteiger partial charge >= 0.3 is 0 Å². The molecule has 2 atom stereocenters. The minimum absolute atomic E-state index is 0.248. The molecule has 0 spiro atoms. The molecule has 1 N–H and O–H groups in total. The molecule has 0 amide bonds. The van der Waals surface area contributed by atoms with E-state index in [1.165, 1.54) is 0 Å². The summed E-state index contributed by atoms with van der Waals surface area (Å²) in [7, 11) is 1.64. The van der Waals surface area contributed by atoms with Crippen LogP contribution in [0.4, 0.5) is 0 Å². The van der Waals surface area contributed by atoms with Crippen LogP contribution in [0.15, 0.2) is 67.3 Å². The van der Waals surface area contributed by atoms with Gasteiger partial charge in [0, 0.05) is 19.1 Å². The van der Waals surface area contributed by atoms with Crippen LogP contribution in [0.1, 0.15) is 31.5 Å². The maximum atomic E-state index is 10.6. The van der Waals surface area contributed by atoms with Gasteiger partial charge in [-0.15, -0.1) is 6.58 Å². The van der Waals surface area contributed by atoms with Crippen LogP contribution in [-0.2, 0) is 11.3 Å². The molecular weight excluding hydrogens is 442 g/mol. The Morgan fingerprint density at radius 1 is 1.11 bits per heavy atom. The summed E-state index contributed by atoms with van der Waals surface area (Å²) in [6.45, 7) is 11.7. The van der Waals surface area contributed by atoms with Gasteiger partial charge in [0.1, 0.15) is 11.5 Å². The minimum Gasteiger partial charge on any atom is -0.497 e. The third-order valence-electron chi connectivity index (χ3n) is 5.98. The average molecular weight is 480 g/mol. The predicted octanol–water partition coefficient (Wildman–Crippen LogP) is 5.15. The van der Waals surface area contributed by atoms with Crippen LogP contribution >= 0.6 is 0 Å². The molecule has 0 fully saturated rings. The number of aliphatic hydroxyl groups is 1. The zero-order valence-corrected chi connectivity index (χ0v) is 21.2. The second kappa shape index (κ2) is 13.1. The SMILES string of the molecule is C=CCOC[C@H](O)CN(Cc1c(C)nn(-c2ccccc2)c1Oc1ccc(OC)cc1)[C@H](C)CC. The van der Waals surface area contributed by atoms with Crippen molar-refractivity contribution in [1.29, 1.82) is 0 Å². The van der Waals surface area contributed by atoms with Crippen LogP contribution in [0.5, 0.6) is 17.4 Å². The predicted molar refractivity (Wildman–Crippen MR) is 139 cm³/mol. The van der Waals surface area contributed by atoms with Gasteiger partial charge < -0.3 is 19.3 Å². The molecule has 0 aliphatic heterocycles. The number of para-hydroxylation sites is 1. The van der Waals surface area contributed by atoms with Crippen molar-refractivity contribution in [3.63, 3.8) is 0 Å². The van der Waals surface area contributed by atoms with Gasteiger partial charge in [0.25, 0.3) is 0 Å². The second-order valence-electron chi connectivity index (χ2n) is 8.56. The van der Waals surface area contributed by atoms with E-state index < -0.39 is 6.10 Å². The first-order valence-electron chi connectivity index (χ1n) is 12.0. The lowest BCUT2D eigenvalue weighted by Gasteiger charge is -2.30. The van der Waals surface area contributed by atoms with Gasteiger partial charge in [-0.1, -0.05) is 31.2 Å². The number of rotatable bonds is 14. The molecule has 0 aliphatic carbocycles. The molecule has 0 saturated heterocycles. The first kappa shape index (κ1) is 26.5. The van der Waals surface area contributed by atoms with Crippen molar-refractivity contribution in [3.8, 4) is 23.1 Å². The van der Waals surface area contributed by atoms with E-state index in [0.717, 1.165) is 29.1 Å². The quantitative estimate of drug-likeness (QED) is 0.255. The third-order valence-corrected chi connectivity index (χ3v) is 5.98. The number of methoxy groups -OCH3 is 1. The van der Waals surface area contributed by atoms with Crippen LogP contribution in [0.3, 0.4) is 0 Å². The highest BCUT2D eigenvalue weighted by Gasteiger charge is 2.24. The summed E-state index contributed by atoms with van der Waals surface area (Å²) in [4.78, 5) is 2.25. The molecule has 7 nitrogen and oxygen atoms in total. The van der Waals surface area contributed by atoms with E-state index in [1.54, 1.807) is 13.2 Å². The van der Waals surface area contributed by atoms with Gasteiger partial charge in [0.2, 0.25) is 5.88 Å². The van der Waals surface area contributed by atoms with Crippen molar-refractivity contribution in [1.82, 2.24) is 14.7 Å². The summed E-state index contributed by atoms with van der Waals surface area (Å²) in [6.07, 6.45) is 2.02. The highest BCUT2D eigenvalue weighted by molar-refractivity contribution is 5.44. The van der Waals surface area contributed by atoms with Crippen LogP contribution in [-0.4, -0.2) is 58.8 Å². The average Bonchev–Trinajstić information content (AvgIpc) is 3.18. The number of aliphatic hydroxyl groups excluding tert-OH is 1. The number of aromatic nitrogens is 2. The molecule has 35 heavy (non-hydrogen) atoms. The summed E-state index contributed by atoms with van der Waals surface area (Å²) in [5, 5.41) is 15.4. The van der Waals surface area contributed by atoms with Gasteiger partial charge in [-0.25, -0.2) is 4.68 Å². The van der Waals surface area contributed by atoms with E-state index in [-0.39, 0.29) is 12.6 Å². The molecule has 0 aliphatic rings. The molecular formula is C28H37N3O4. The van der Waals surface area contributed by atoms with Crippen molar-refractivity contribution in [2.24, 2.45) is 0 Å². The molecule has 0 saturated carbocycles. The Morgan fingerprint density at radius 3 is 2.43 bits per heavy atom. The van der Waals surface area contributed by atoms with Crippen molar-refractivity contribution < 1.29 is 19.3 Å². The minimum atomic E-state index is -0.612. The zero-order chi connectivity index (χ0) is 25.2. The smallest absolute Gasteiger partial charge is 0.227 e. The molecule has 3 rings (SSSR count). The molecule has 0 radical (unpaired) electrons. The fourth-order valence-electron chi connectivity index (χ4n) is 3.80. The van der Waals surface area contributed by atoms with E-state index in [4.69, 9.17) is 19.3 Å².